The normalized spacial score (nSPS) is 11.8. The standard InChI is InChI=1S/C40H24OS/c1-3-13-25(14-4-1)33-24-41-40-32(33)23-35-38(31-21-11-12-22-34(31)42-35)39(40)37-29-19-9-7-17-27(29)36(26-15-5-2-6-16-26)28-18-8-10-20-30(28)37/h1-24H. The van der Waals surface area contributed by atoms with E-state index in [1.165, 1.54) is 64.0 Å². The second-order valence-electron chi connectivity index (χ2n) is 10.8. The molecule has 2 heterocycles. The Labute approximate surface area is 246 Å². The van der Waals surface area contributed by atoms with Crippen LogP contribution in [-0.4, -0.2) is 0 Å². The van der Waals surface area contributed by atoms with Crippen molar-refractivity contribution < 1.29 is 4.42 Å². The van der Waals surface area contributed by atoms with Gasteiger partial charge in [-0.25, -0.2) is 0 Å². The highest BCUT2D eigenvalue weighted by molar-refractivity contribution is 7.26. The lowest BCUT2D eigenvalue weighted by atomic mass is 9.84. The molecule has 0 amide bonds. The molecule has 9 aromatic rings. The van der Waals surface area contributed by atoms with Gasteiger partial charge in [0.05, 0.1) is 6.26 Å². The van der Waals surface area contributed by atoms with Gasteiger partial charge in [0.2, 0.25) is 0 Å². The molecule has 2 heteroatoms. The number of fused-ring (bicyclic) bond motifs is 6. The van der Waals surface area contributed by atoms with Crippen LogP contribution in [0.4, 0.5) is 0 Å². The number of hydrogen-bond acceptors (Lipinski definition) is 2. The van der Waals surface area contributed by atoms with E-state index >= 15 is 0 Å². The Hall–Kier alpha value is -5.18. The van der Waals surface area contributed by atoms with E-state index in [0.717, 1.165) is 22.1 Å². The average molecular weight is 553 g/mol. The molecule has 0 bridgehead atoms. The minimum absolute atomic E-state index is 0.938. The van der Waals surface area contributed by atoms with E-state index in [4.69, 9.17) is 4.42 Å². The molecule has 0 aliphatic rings. The van der Waals surface area contributed by atoms with E-state index < -0.39 is 0 Å². The smallest absolute Gasteiger partial charge is 0.143 e. The van der Waals surface area contributed by atoms with Crippen LogP contribution in [-0.2, 0) is 0 Å². The van der Waals surface area contributed by atoms with E-state index in [-0.39, 0.29) is 0 Å². The first-order valence-electron chi connectivity index (χ1n) is 14.3. The quantitative estimate of drug-likeness (QED) is 0.199. The summed E-state index contributed by atoms with van der Waals surface area (Å²) in [5.74, 6) is 0. The summed E-state index contributed by atoms with van der Waals surface area (Å²) in [5.41, 5.74) is 8.13. The molecule has 0 radical (unpaired) electrons. The van der Waals surface area contributed by atoms with Crippen molar-refractivity contribution in [1.29, 1.82) is 0 Å². The van der Waals surface area contributed by atoms with Gasteiger partial charge in [0.1, 0.15) is 5.58 Å². The van der Waals surface area contributed by atoms with Crippen LogP contribution in [0, 0.1) is 0 Å². The molecule has 0 N–H and O–H groups in total. The Balaban J connectivity index is 1.53. The van der Waals surface area contributed by atoms with Gasteiger partial charge in [-0.2, -0.15) is 0 Å². The average Bonchev–Trinajstić information content (AvgIpc) is 3.65. The van der Waals surface area contributed by atoms with Gasteiger partial charge < -0.3 is 4.42 Å². The third-order valence-electron chi connectivity index (χ3n) is 8.53. The molecule has 42 heavy (non-hydrogen) atoms. The van der Waals surface area contributed by atoms with Gasteiger partial charge in [-0.3, -0.25) is 0 Å². The third-order valence-corrected chi connectivity index (χ3v) is 9.65. The predicted molar refractivity (Wildman–Crippen MR) is 180 cm³/mol. The van der Waals surface area contributed by atoms with E-state index in [0.29, 0.717) is 0 Å². The summed E-state index contributed by atoms with van der Waals surface area (Å²) in [6.07, 6.45) is 1.94. The van der Waals surface area contributed by atoms with Crippen molar-refractivity contribution in [2.45, 2.75) is 0 Å². The van der Waals surface area contributed by atoms with Gasteiger partial charge >= 0.3 is 0 Å². The summed E-state index contributed by atoms with van der Waals surface area (Å²) in [7, 11) is 0. The van der Waals surface area contributed by atoms with Gasteiger partial charge in [0, 0.05) is 42.2 Å². The van der Waals surface area contributed by atoms with Gasteiger partial charge in [0.25, 0.3) is 0 Å². The van der Waals surface area contributed by atoms with E-state index in [1.54, 1.807) is 0 Å². The lowest BCUT2D eigenvalue weighted by Gasteiger charge is -2.18. The summed E-state index contributed by atoms with van der Waals surface area (Å²) in [4.78, 5) is 0. The fourth-order valence-corrected chi connectivity index (χ4v) is 7.92. The molecule has 2 aromatic heterocycles. The maximum atomic E-state index is 6.63. The Morgan fingerprint density at radius 2 is 0.929 bits per heavy atom. The van der Waals surface area contributed by atoms with Gasteiger partial charge in [0.15, 0.2) is 0 Å². The molecule has 0 fully saturated rings. The Kier molecular flexibility index (Phi) is 5.13. The summed E-state index contributed by atoms with van der Waals surface area (Å²) >= 11 is 1.86. The van der Waals surface area contributed by atoms with Crippen molar-refractivity contribution in [3.8, 4) is 33.4 Å². The molecule has 0 aliphatic heterocycles. The zero-order chi connectivity index (χ0) is 27.6. The number of thiophene rings is 1. The third kappa shape index (κ3) is 3.36. The van der Waals surface area contributed by atoms with E-state index in [1.807, 2.05) is 17.6 Å². The zero-order valence-electron chi connectivity index (χ0n) is 22.7. The molecular formula is C40H24OS. The van der Waals surface area contributed by atoms with Crippen LogP contribution in [0.2, 0.25) is 0 Å². The first-order chi connectivity index (χ1) is 20.9. The fraction of sp³-hybridized carbons (Fsp3) is 0. The minimum Gasteiger partial charge on any atom is -0.463 e. The number of hydrogen-bond donors (Lipinski definition) is 0. The topological polar surface area (TPSA) is 13.1 Å². The molecule has 0 aliphatic carbocycles. The van der Waals surface area contributed by atoms with Crippen molar-refractivity contribution in [3.05, 3.63) is 146 Å². The number of benzene rings is 7. The second kappa shape index (κ2) is 9.17. The summed E-state index contributed by atoms with van der Waals surface area (Å²) in [5, 5.41) is 8.64. The highest BCUT2D eigenvalue weighted by Gasteiger charge is 2.24. The maximum Gasteiger partial charge on any atom is 0.143 e. The number of rotatable bonds is 3. The lowest BCUT2D eigenvalue weighted by molar-refractivity contribution is 0.618. The monoisotopic (exact) mass is 552 g/mol. The van der Waals surface area contributed by atoms with Crippen LogP contribution in [0.1, 0.15) is 0 Å². The molecule has 0 atom stereocenters. The van der Waals surface area contributed by atoms with Gasteiger partial charge in [-0.15, -0.1) is 11.3 Å². The summed E-state index contributed by atoms with van der Waals surface area (Å²) in [6, 6.07) is 50.2. The van der Waals surface area contributed by atoms with E-state index in [9.17, 15) is 0 Å². The molecule has 7 aromatic carbocycles. The van der Waals surface area contributed by atoms with Crippen molar-refractivity contribution in [2.24, 2.45) is 0 Å². The lowest BCUT2D eigenvalue weighted by Crippen LogP contribution is -1.92. The van der Waals surface area contributed by atoms with Crippen LogP contribution in [0.5, 0.6) is 0 Å². The Morgan fingerprint density at radius 3 is 1.57 bits per heavy atom. The van der Waals surface area contributed by atoms with Crippen molar-refractivity contribution in [2.75, 3.05) is 0 Å². The molecule has 1 nitrogen and oxygen atoms in total. The summed E-state index contributed by atoms with van der Waals surface area (Å²) < 4.78 is 9.20. The Morgan fingerprint density at radius 1 is 0.405 bits per heavy atom. The van der Waals surface area contributed by atoms with Crippen LogP contribution < -0.4 is 0 Å². The molecule has 9 rings (SSSR count). The molecule has 196 valence electrons. The van der Waals surface area contributed by atoms with Gasteiger partial charge in [-0.05, 0) is 50.4 Å². The highest BCUT2D eigenvalue weighted by atomic mass is 32.1. The molecule has 0 saturated carbocycles. The second-order valence-corrected chi connectivity index (χ2v) is 11.9. The van der Waals surface area contributed by atoms with Gasteiger partial charge in [-0.1, -0.05) is 127 Å². The first kappa shape index (κ1) is 23.5. The van der Waals surface area contributed by atoms with Crippen LogP contribution in [0.15, 0.2) is 150 Å². The van der Waals surface area contributed by atoms with Crippen molar-refractivity contribution in [3.63, 3.8) is 0 Å². The largest absolute Gasteiger partial charge is 0.463 e. The van der Waals surface area contributed by atoms with Crippen LogP contribution in [0.3, 0.4) is 0 Å². The molecular weight excluding hydrogens is 529 g/mol. The summed E-state index contributed by atoms with van der Waals surface area (Å²) in [6.45, 7) is 0. The fourth-order valence-electron chi connectivity index (χ4n) is 6.77. The minimum atomic E-state index is 0.938. The van der Waals surface area contributed by atoms with E-state index in [2.05, 4.69) is 140 Å². The molecule has 0 unspecified atom stereocenters. The van der Waals surface area contributed by atoms with Crippen LogP contribution >= 0.6 is 11.3 Å². The number of furan rings is 1. The SMILES string of the molecule is c1ccc(-c2c3ccccc3c(-c3c4occ(-c5ccccc5)c4cc4sc5ccccc5c34)c3ccccc23)cc1. The van der Waals surface area contributed by atoms with Crippen molar-refractivity contribution in [1.82, 2.24) is 0 Å². The molecule has 0 saturated heterocycles. The van der Waals surface area contributed by atoms with Crippen molar-refractivity contribution >= 4 is 64.0 Å². The maximum absolute atomic E-state index is 6.63. The predicted octanol–water partition coefficient (Wildman–Crippen LogP) is 12.1. The van der Waals surface area contributed by atoms with Crippen LogP contribution in [0.25, 0.3) is 86.1 Å². The highest BCUT2D eigenvalue weighted by Crippen LogP contribution is 2.51. The first-order valence-corrected chi connectivity index (χ1v) is 15.1. The zero-order valence-corrected chi connectivity index (χ0v) is 23.5. The Bertz CT molecular complexity index is 2390. The molecule has 0 spiro atoms.